The van der Waals surface area contributed by atoms with Crippen molar-refractivity contribution in [2.45, 2.75) is 0 Å². The summed E-state index contributed by atoms with van der Waals surface area (Å²) in [6.07, 6.45) is 0.826. The SMILES string of the molecule is N#Cc1ccc2[nH]c3ccc(C=O)cc3c2c1. The molecule has 0 amide bonds. The highest BCUT2D eigenvalue weighted by Crippen LogP contribution is 2.26. The number of aromatic nitrogens is 1. The number of nitriles is 1. The molecular formula is C14H8N2O. The van der Waals surface area contributed by atoms with Gasteiger partial charge in [0, 0.05) is 27.4 Å². The van der Waals surface area contributed by atoms with Crippen LogP contribution in [0.1, 0.15) is 15.9 Å². The Bertz CT molecular complexity index is 778. The number of nitrogens with one attached hydrogen (secondary N) is 1. The summed E-state index contributed by atoms with van der Waals surface area (Å²) < 4.78 is 0. The molecule has 0 aliphatic carbocycles. The molecule has 80 valence electrons. The maximum atomic E-state index is 10.8. The summed E-state index contributed by atoms with van der Waals surface area (Å²) in [5.74, 6) is 0. The molecule has 1 aromatic heterocycles. The van der Waals surface area contributed by atoms with Crippen LogP contribution >= 0.6 is 0 Å². The van der Waals surface area contributed by atoms with Crippen LogP contribution in [0.4, 0.5) is 0 Å². The molecular weight excluding hydrogens is 212 g/mol. The Hall–Kier alpha value is -2.60. The Morgan fingerprint density at radius 2 is 1.76 bits per heavy atom. The van der Waals surface area contributed by atoms with Crippen LogP contribution in [0.2, 0.25) is 0 Å². The smallest absolute Gasteiger partial charge is 0.150 e. The summed E-state index contributed by atoms with van der Waals surface area (Å²) in [4.78, 5) is 14.0. The molecule has 0 saturated heterocycles. The number of benzene rings is 2. The van der Waals surface area contributed by atoms with E-state index in [0.29, 0.717) is 11.1 Å². The van der Waals surface area contributed by atoms with Crippen LogP contribution in [0.15, 0.2) is 36.4 Å². The number of nitrogens with zero attached hydrogens (tertiary/aromatic N) is 1. The van der Waals surface area contributed by atoms with Gasteiger partial charge in [-0.3, -0.25) is 4.79 Å². The zero-order chi connectivity index (χ0) is 11.8. The average Bonchev–Trinajstić information content (AvgIpc) is 2.75. The maximum absolute atomic E-state index is 10.8. The van der Waals surface area contributed by atoms with Gasteiger partial charge >= 0.3 is 0 Å². The molecule has 0 atom stereocenters. The number of H-pyrrole nitrogens is 1. The minimum atomic E-state index is 0.620. The summed E-state index contributed by atoms with van der Waals surface area (Å²) in [6.45, 7) is 0. The topological polar surface area (TPSA) is 56.6 Å². The number of hydrogen-bond acceptors (Lipinski definition) is 2. The lowest BCUT2D eigenvalue weighted by Crippen LogP contribution is -1.77. The van der Waals surface area contributed by atoms with Crippen LogP contribution in [0.5, 0.6) is 0 Å². The van der Waals surface area contributed by atoms with Crippen molar-refractivity contribution in [2.24, 2.45) is 0 Å². The zero-order valence-corrected chi connectivity index (χ0v) is 8.90. The number of carbonyl (C=O) groups is 1. The molecule has 0 aliphatic heterocycles. The second-order valence-electron chi connectivity index (χ2n) is 3.92. The normalized spacial score (nSPS) is 10.5. The number of rotatable bonds is 1. The first-order chi connectivity index (χ1) is 8.31. The fourth-order valence-electron chi connectivity index (χ4n) is 2.06. The van der Waals surface area contributed by atoms with Crippen molar-refractivity contribution in [3.05, 3.63) is 47.5 Å². The van der Waals surface area contributed by atoms with Gasteiger partial charge in [0.05, 0.1) is 11.6 Å². The highest BCUT2D eigenvalue weighted by Gasteiger charge is 2.05. The molecule has 0 radical (unpaired) electrons. The van der Waals surface area contributed by atoms with E-state index in [2.05, 4.69) is 11.1 Å². The Kier molecular flexibility index (Phi) is 1.96. The number of aldehydes is 1. The van der Waals surface area contributed by atoms with E-state index in [9.17, 15) is 4.79 Å². The third-order valence-corrected chi connectivity index (χ3v) is 2.89. The van der Waals surface area contributed by atoms with Crippen LogP contribution in [-0.4, -0.2) is 11.3 Å². The standard InChI is InChI=1S/C14H8N2O/c15-7-9-1-3-13-11(5-9)12-6-10(8-17)2-4-14(12)16-13/h1-6,8,16H. The second-order valence-corrected chi connectivity index (χ2v) is 3.92. The number of hydrogen-bond donors (Lipinski definition) is 1. The molecule has 1 N–H and O–H groups in total. The Morgan fingerprint density at radius 3 is 2.47 bits per heavy atom. The number of aromatic amines is 1. The first-order valence-electron chi connectivity index (χ1n) is 5.22. The summed E-state index contributed by atoms with van der Waals surface area (Å²) in [7, 11) is 0. The molecule has 3 rings (SSSR count). The number of carbonyl (C=O) groups excluding carboxylic acids is 1. The van der Waals surface area contributed by atoms with E-state index in [1.165, 1.54) is 0 Å². The van der Waals surface area contributed by atoms with Crippen LogP contribution in [0.3, 0.4) is 0 Å². The van der Waals surface area contributed by atoms with E-state index in [4.69, 9.17) is 5.26 Å². The Morgan fingerprint density at radius 1 is 1.06 bits per heavy atom. The van der Waals surface area contributed by atoms with Crippen LogP contribution in [0.25, 0.3) is 21.8 Å². The molecule has 0 bridgehead atoms. The van der Waals surface area contributed by atoms with Gasteiger partial charge in [0.1, 0.15) is 6.29 Å². The molecule has 17 heavy (non-hydrogen) atoms. The van der Waals surface area contributed by atoms with Gasteiger partial charge in [-0.25, -0.2) is 0 Å². The molecule has 3 aromatic rings. The van der Waals surface area contributed by atoms with Crippen LogP contribution in [-0.2, 0) is 0 Å². The van der Waals surface area contributed by atoms with Crippen LogP contribution in [0, 0.1) is 11.3 Å². The third kappa shape index (κ3) is 1.39. The van der Waals surface area contributed by atoms with E-state index in [-0.39, 0.29) is 0 Å². The van der Waals surface area contributed by atoms with Crippen molar-refractivity contribution in [2.75, 3.05) is 0 Å². The lowest BCUT2D eigenvalue weighted by Gasteiger charge is -1.93. The molecule has 0 spiro atoms. The van der Waals surface area contributed by atoms with E-state index >= 15 is 0 Å². The van der Waals surface area contributed by atoms with Gasteiger partial charge < -0.3 is 4.98 Å². The first kappa shape index (κ1) is 9.61. The largest absolute Gasteiger partial charge is 0.355 e. The molecule has 3 heteroatoms. The van der Waals surface area contributed by atoms with Gasteiger partial charge in [-0.1, -0.05) is 0 Å². The van der Waals surface area contributed by atoms with Gasteiger partial charge in [-0.15, -0.1) is 0 Å². The molecule has 1 heterocycles. The fourth-order valence-corrected chi connectivity index (χ4v) is 2.06. The minimum Gasteiger partial charge on any atom is -0.355 e. The van der Waals surface area contributed by atoms with Crippen molar-refractivity contribution in [3.63, 3.8) is 0 Å². The predicted molar refractivity (Wildman–Crippen MR) is 65.9 cm³/mol. The summed E-state index contributed by atoms with van der Waals surface area (Å²) >= 11 is 0. The molecule has 0 fully saturated rings. The molecule has 3 nitrogen and oxygen atoms in total. The Labute approximate surface area is 97.3 Å². The minimum absolute atomic E-state index is 0.620. The fraction of sp³-hybridized carbons (Fsp3) is 0. The van der Waals surface area contributed by atoms with Crippen molar-refractivity contribution in [3.8, 4) is 6.07 Å². The van der Waals surface area contributed by atoms with Crippen molar-refractivity contribution >= 4 is 28.1 Å². The van der Waals surface area contributed by atoms with E-state index in [1.54, 1.807) is 12.1 Å². The van der Waals surface area contributed by atoms with Gasteiger partial charge in [0.25, 0.3) is 0 Å². The van der Waals surface area contributed by atoms with Gasteiger partial charge in [0.15, 0.2) is 0 Å². The van der Waals surface area contributed by atoms with Gasteiger partial charge in [-0.05, 0) is 36.4 Å². The van der Waals surface area contributed by atoms with E-state index in [0.717, 1.165) is 28.1 Å². The maximum Gasteiger partial charge on any atom is 0.150 e. The van der Waals surface area contributed by atoms with Gasteiger partial charge in [-0.2, -0.15) is 5.26 Å². The monoisotopic (exact) mass is 220 g/mol. The van der Waals surface area contributed by atoms with Crippen molar-refractivity contribution in [1.82, 2.24) is 4.98 Å². The van der Waals surface area contributed by atoms with E-state index in [1.807, 2.05) is 24.3 Å². The second kappa shape index (κ2) is 3.46. The van der Waals surface area contributed by atoms with E-state index < -0.39 is 0 Å². The molecule has 0 aliphatic rings. The van der Waals surface area contributed by atoms with Gasteiger partial charge in [0.2, 0.25) is 0 Å². The first-order valence-corrected chi connectivity index (χ1v) is 5.22. The molecule has 0 saturated carbocycles. The predicted octanol–water partition coefficient (Wildman–Crippen LogP) is 3.01. The lowest BCUT2D eigenvalue weighted by atomic mass is 10.1. The molecule has 2 aromatic carbocycles. The quantitative estimate of drug-likeness (QED) is 0.641. The summed E-state index contributed by atoms with van der Waals surface area (Å²) in [5, 5.41) is 10.8. The lowest BCUT2D eigenvalue weighted by molar-refractivity contribution is 0.112. The van der Waals surface area contributed by atoms with Crippen molar-refractivity contribution < 1.29 is 4.79 Å². The highest BCUT2D eigenvalue weighted by molar-refractivity contribution is 6.08. The highest BCUT2D eigenvalue weighted by atomic mass is 16.1. The van der Waals surface area contributed by atoms with Crippen LogP contribution < -0.4 is 0 Å². The molecule has 0 unspecified atom stereocenters. The summed E-state index contributed by atoms with van der Waals surface area (Å²) in [5.41, 5.74) is 3.21. The Balaban J connectivity index is 2.46. The van der Waals surface area contributed by atoms with Crippen molar-refractivity contribution in [1.29, 1.82) is 5.26 Å². The zero-order valence-electron chi connectivity index (χ0n) is 8.90. The number of fused-ring (bicyclic) bond motifs is 3. The third-order valence-electron chi connectivity index (χ3n) is 2.89. The summed E-state index contributed by atoms with van der Waals surface area (Å²) in [6, 6.07) is 13.1. The average molecular weight is 220 g/mol.